The first kappa shape index (κ1) is 16.0. The maximum Gasteiger partial charge on any atom is 0.251 e. The first-order chi connectivity index (χ1) is 10.6. The normalized spacial score (nSPS) is 10.1. The fraction of sp³-hybridized carbons (Fsp3) is 0.176. The molecule has 2 rings (SSSR count). The molecule has 0 saturated heterocycles. The summed E-state index contributed by atoms with van der Waals surface area (Å²) in [7, 11) is 0. The van der Waals surface area contributed by atoms with Gasteiger partial charge in [-0.15, -0.1) is 0 Å². The zero-order valence-electron chi connectivity index (χ0n) is 12.2. The van der Waals surface area contributed by atoms with Gasteiger partial charge in [0.1, 0.15) is 0 Å². The predicted molar refractivity (Wildman–Crippen MR) is 88.0 cm³/mol. The number of benzene rings is 2. The molecule has 5 heteroatoms. The van der Waals surface area contributed by atoms with E-state index < -0.39 is 0 Å². The SMILES string of the molecule is CCC(=O)Nc1ccc(C(=O)NCc2ccccc2Cl)cc1. The second kappa shape index (κ2) is 7.61. The molecule has 0 spiro atoms. The third-order valence-electron chi connectivity index (χ3n) is 3.15. The first-order valence-electron chi connectivity index (χ1n) is 7.01. The van der Waals surface area contributed by atoms with Crippen LogP contribution < -0.4 is 10.6 Å². The molecule has 0 radical (unpaired) electrons. The zero-order chi connectivity index (χ0) is 15.9. The van der Waals surface area contributed by atoms with Crippen molar-refractivity contribution >= 4 is 29.1 Å². The van der Waals surface area contributed by atoms with Crippen molar-refractivity contribution in [3.63, 3.8) is 0 Å². The highest BCUT2D eigenvalue weighted by atomic mass is 35.5. The molecule has 0 atom stereocenters. The molecule has 2 N–H and O–H groups in total. The van der Waals surface area contributed by atoms with Gasteiger partial charge < -0.3 is 10.6 Å². The van der Waals surface area contributed by atoms with Crippen molar-refractivity contribution in [2.75, 3.05) is 5.32 Å². The summed E-state index contributed by atoms with van der Waals surface area (Å²) in [4.78, 5) is 23.4. The maximum atomic E-state index is 12.1. The topological polar surface area (TPSA) is 58.2 Å². The largest absolute Gasteiger partial charge is 0.348 e. The molecular weight excluding hydrogens is 300 g/mol. The van der Waals surface area contributed by atoms with Gasteiger partial charge in [-0.2, -0.15) is 0 Å². The molecule has 0 heterocycles. The molecule has 4 nitrogen and oxygen atoms in total. The molecule has 2 aromatic rings. The monoisotopic (exact) mass is 316 g/mol. The number of carbonyl (C=O) groups excluding carboxylic acids is 2. The number of nitrogens with one attached hydrogen (secondary N) is 2. The van der Waals surface area contributed by atoms with E-state index in [0.717, 1.165) is 5.56 Å². The average Bonchev–Trinajstić information content (AvgIpc) is 2.54. The number of hydrogen-bond acceptors (Lipinski definition) is 2. The van der Waals surface area contributed by atoms with Crippen LogP contribution in [0.15, 0.2) is 48.5 Å². The van der Waals surface area contributed by atoms with Crippen molar-refractivity contribution in [1.82, 2.24) is 5.32 Å². The van der Waals surface area contributed by atoms with Crippen molar-refractivity contribution < 1.29 is 9.59 Å². The molecule has 2 aromatic carbocycles. The number of rotatable bonds is 5. The van der Waals surface area contributed by atoms with Gasteiger partial charge in [0.15, 0.2) is 0 Å². The number of amides is 2. The molecule has 22 heavy (non-hydrogen) atoms. The third-order valence-corrected chi connectivity index (χ3v) is 3.52. The van der Waals surface area contributed by atoms with E-state index in [1.807, 2.05) is 18.2 Å². The number of halogens is 1. The minimum absolute atomic E-state index is 0.0593. The highest BCUT2D eigenvalue weighted by Crippen LogP contribution is 2.15. The van der Waals surface area contributed by atoms with Gasteiger partial charge >= 0.3 is 0 Å². The van der Waals surface area contributed by atoms with E-state index in [1.165, 1.54) is 0 Å². The second-order valence-electron chi connectivity index (χ2n) is 4.75. The lowest BCUT2D eigenvalue weighted by atomic mass is 10.1. The van der Waals surface area contributed by atoms with Gasteiger partial charge in [0.2, 0.25) is 5.91 Å². The Morgan fingerprint density at radius 1 is 1.05 bits per heavy atom. The Morgan fingerprint density at radius 2 is 1.73 bits per heavy atom. The molecule has 0 unspecified atom stereocenters. The predicted octanol–water partition coefficient (Wildman–Crippen LogP) is 3.62. The van der Waals surface area contributed by atoms with Crippen LogP contribution in [-0.2, 0) is 11.3 Å². The fourth-order valence-corrected chi connectivity index (χ4v) is 2.08. The Kier molecular flexibility index (Phi) is 5.55. The van der Waals surface area contributed by atoms with Crippen LogP contribution in [-0.4, -0.2) is 11.8 Å². The van der Waals surface area contributed by atoms with E-state index >= 15 is 0 Å². The van der Waals surface area contributed by atoms with Crippen molar-refractivity contribution in [2.45, 2.75) is 19.9 Å². The molecule has 0 aliphatic rings. The van der Waals surface area contributed by atoms with E-state index in [-0.39, 0.29) is 11.8 Å². The summed E-state index contributed by atoms with van der Waals surface area (Å²) in [5.41, 5.74) is 2.07. The van der Waals surface area contributed by atoms with Gasteiger partial charge in [-0.3, -0.25) is 9.59 Å². The average molecular weight is 317 g/mol. The molecule has 0 saturated carbocycles. The van der Waals surface area contributed by atoms with Crippen molar-refractivity contribution in [1.29, 1.82) is 0 Å². The van der Waals surface area contributed by atoms with Gasteiger partial charge in [0.25, 0.3) is 5.91 Å². The molecule has 2 amide bonds. The van der Waals surface area contributed by atoms with Crippen LogP contribution in [0.2, 0.25) is 5.02 Å². The molecule has 0 bridgehead atoms. The Balaban J connectivity index is 1.95. The summed E-state index contributed by atoms with van der Waals surface area (Å²) in [5.74, 6) is -0.246. The molecule has 0 fully saturated rings. The summed E-state index contributed by atoms with van der Waals surface area (Å²) in [6.45, 7) is 2.15. The highest BCUT2D eigenvalue weighted by molar-refractivity contribution is 6.31. The first-order valence-corrected chi connectivity index (χ1v) is 7.39. The third kappa shape index (κ3) is 4.33. The molecule has 0 aromatic heterocycles. The lowest BCUT2D eigenvalue weighted by Gasteiger charge is -2.08. The Hall–Kier alpha value is -2.33. The summed E-state index contributed by atoms with van der Waals surface area (Å²) in [6, 6.07) is 14.1. The van der Waals surface area contributed by atoms with Crippen molar-refractivity contribution in [3.8, 4) is 0 Å². The van der Waals surface area contributed by atoms with Gasteiger partial charge in [0, 0.05) is 29.2 Å². The van der Waals surface area contributed by atoms with Crippen LogP contribution in [0.25, 0.3) is 0 Å². The van der Waals surface area contributed by atoms with E-state index in [4.69, 9.17) is 11.6 Å². The maximum absolute atomic E-state index is 12.1. The lowest BCUT2D eigenvalue weighted by molar-refractivity contribution is -0.115. The second-order valence-corrected chi connectivity index (χ2v) is 5.16. The van der Waals surface area contributed by atoms with Crippen LogP contribution >= 0.6 is 11.6 Å². The van der Waals surface area contributed by atoms with Gasteiger partial charge in [0.05, 0.1) is 0 Å². The van der Waals surface area contributed by atoms with Gasteiger partial charge in [-0.25, -0.2) is 0 Å². The van der Waals surface area contributed by atoms with Crippen LogP contribution in [0.1, 0.15) is 29.3 Å². The summed E-state index contributed by atoms with van der Waals surface area (Å²) in [5, 5.41) is 6.18. The van der Waals surface area contributed by atoms with Gasteiger partial charge in [-0.05, 0) is 35.9 Å². The highest BCUT2D eigenvalue weighted by Gasteiger charge is 2.07. The Labute approximate surface area is 134 Å². The van der Waals surface area contributed by atoms with Crippen molar-refractivity contribution in [2.24, 2.45) is 0 Å². The fourth-order valence-electron chi connectivity index (χ4n) is 1.87. The van der Waals surface area contributed by atoms with Crippen LogP contribution in [0.3, 0.4) is 0 Å². The molecule has 0 aliphatic heterocycles. The summed E-state index contributed by atoms with van der Waals surface area (Å²) in [6.07, 6.45) is 0.417. The Bertz CT molecular complexity index is 669. The summed E-state index contributed by atoms with van der Waals surface area (Å²) >= 11 is 6.05. The number of hydrogen-bond donors (Lipinski definition) is 2. The van der Waals surface area contributed by atoms with Crippen LogP contribution in [0.5, 0.6) is 0 Å². The zero-order valence-corrected chi connectivity index (χ0v) is 13.0. The standard InChI is InChI=1S/C17H17ClN2O2/c1-2-16(21)20-14-9-7-12(8-10-14)17(22)19-11-13-5-3-4-6-15(13)18/h3-10H,2,11H2,1H3,(H,19,22)(H,20,21). The van der Waals surface area contributed by atoms with Crippen LogP contribution in [0, 0.1) is 0 Å². The molecule has 114 valence electrons. The van der Waals surface area contributed by atoms with E-state index in [9.17, 15) is 9.59 Å². The van der Waals surface area contributed by atoms with E-state index in [1.54, 1.807) is 37.3 Å². The van der Waals surface area contributed by atoms with E-state index in [0.29, 0.717) is 29.2 Å². The van der Waals surface area contributed by atoms with Gasteiger partial charge in [-0.1, -0.05) is 36.7 Å². The van der Waals surface area contributed by atoms with E-state index in [2.05, 4.69) is 10.6 Å². The molecule has 0 aliphatic carbocycles. The number of anilines is 1. The quantitative estimate of drug-likeness (QED) is 0.885. The smallest absolute Gasteiger partial charge is 0.251 e. The Morgan fingerprint density at radius 3 is 2.36 bits per heavy atom. The minimum atomic E-state index is -0.187. The number of carbonyl (C=O) groups is 2. The summed E-state index contributed by atoms with van der Waals surface area (Å²) < 4.78 is 0. The lowest BCUT2D eigenvalue weighted by Crippen LogP contribution is -2.22. The minimum Gasteiger partial charge on any atom is -0.348 e. The van der Waals surface area contributed by atoms with Crippen LogP contribution in [0.4, 0.5) is 5.69 Å². The van der Waals surface area contributed by atoms with Crippen molar-refractivity contribution in [3.05, 3.63) is 64.7 Å². The molecular formula is C17H17ClN2O2.